The predicted octanol–water partition coefficient (Wildman–Crippen LogP) is 6.15. The van der Waals surface area contributed by atoms with E-state index in [9.17, 15) is 0 Å². The summed E-state index contributed by atoms with van der Waals surface area (Å²) in [5.74, 6) is 5.19. The lowest BCUT2D eigenvalue weighted by molar-refractivity contribution is 0.303. The van der Waals surface area contributed by atoms with Crippen LogP contribution in [0.2, 0.25) is 0 Å². The smallest absolute Gasteiger partial charge is 0.125 e. The van der Waals surface area contributed by atoms with Gasteiger partial charge < -0.3 is 18.9 Å². The molecule has 0 saturated carbocycles. The summed E-state index contributed by atoms with van der Waals surface area (Å²) in [4.78, 5) is 0. The van der Waals surface area contributed by atoms with Crippen LogP contribution in [0.25, 0.3) is 0 Å². The van der Waals surface area contributed by atoms with Gasteiger partial charge >= 0.3 is 0 Å². The highest BCUT2D eigenvalue weighted by atomic mass is 16.5. The van der Waals surface area contributed by atoms with E-state index in [-0.39, 0.29) is 5.41 Å². The molecule has 0 saturated heterocycles. The zero-order valence-electron chi connectivity index (χ0n) is 19.8. The second-order valence-corrected chi connectivity index (χ2v) is 8.96. The summed E-state index contributed by atoms with van der Waals surface area (Å²) >= 11 is 0. The van der Waals surface area contributed by atoms with Gasteiger partial charge in [0.1, 0.15) is 23.0 Å². The molecule has 0 spiro atoms. The maximum atomic E-state index is 5.67. The van der Waals surface area contributed by atoms with Gasteiger partial charge in [0, 0.05) is 11.1 Å². The van der Waals surface area contributed by atoms with Crippen molar-refractivity contribution in [1.82, 2.24) is 0 Å². The predicted molar refractivity (Wildman–Crippen MR) is 123 cm³/mol. The second-order valence-electron chi connectivity index (χ2n) is 8.96. The average Bonchev–Trinajstić information content (AvgIpc) is 2.71. The Morgan fingerprint density at radius 1 is 0.700 bits per heavy atom. The molecule has 2 rings (SSSR count). The molecule has 0 aliphatic carbocycles. The van der Waals surface area contributed by atoms with Crippen LogP contribution in [0.5, 0.6) is 23.0 Å². The molecule has 165 valence electrons. The molecule has 2 aromatic carbocycles. The van der Waals surface area contributed by atoms with Gasteiger partial charge in [-0.2, -0.15) is 0 Å². The van der Waals surface area contributed by atoms with E-state index in [1.807, 2.05) is 36.4 Å². The molecule has 0 bridgehead atoms. The lowest BCUT2D eigenvalue weighted by atomic mass is 9.75. The quantitative estimate of drug-likeness (QED) is 0.468. The van der Waals surface area contributed by atoms with E-state index >= 15 is 0 Å². The second kappa shape index (κ2) is 10.6. The zero-order chi connectivity index (χ0) is 22.3. The number of ether oxygens (including phenoxy) is 4. The van der Waals surface area contributed by atoms with E-state index in [0.717, 1.165) is 53.4 Å². The van der Waals surface area contributed by atoms with Crippen LogP contribution >= 0.6 is 0 Å². The Morgan fingerprint density at radius 3 is 1.30 bits per heavy atom. The fraction of sp³-hybridized carbons (Fsp3) is 0.500. The van der Waals surface area contributed by atoms with Crippen LogP contribution in [0, 0.1) is 17.3 Å². The van der Waals surface area contributed by atoms with E-state index < -0.39 is 0 Å². The standard InChI is InChI=1S/C26H37O4/c1-18(17-26(2,3)4)19(15-20-22(27-5)11-9-12-23(20)28-6)16-21-24(29-7)13-10-14-25(21)30-8/h9-14,18H,15-17H2,1-8H3. The lowest BCUT2D eigenvalue weighted by Crippen LogP contribution is -2.22. The Bertz CT molecular complexity index is 705. The molecule has 1 unspecified atom stereocenters. The van der Waals surface area contributed by atoms with E-state index in [2.05, 4.69) is 27.7 Å². The molecular formula is C26H37O4. The van der Waals surface area contributed by atoms with Crippen LogP contribution in [0.3, 0.4) is 0 Å². The molecule has 0 N–H and O–H groups in total. The van der Waals surface area contributed by atoms with Crippen molar-refractivity contribution < 1.29 is 18.9 Å². The third-order valence-corrected chi connectivity index (χ3v) is 5.48. The Labute approximate surface area is 182 Å². The van der Waals surface area contributed by atoms with Crippen LogP contribution in [0.4, 0.5) is 0 Å². The number of hydrogen-bond donors (Lipinski definition) is 0. The first-order valence-corrected chi connectivity index (χ1v) is 10.5. The molecule has 0 amide bonds. The minimum absolute atomic E-state index is 0.223. The molecule has 1 radical (unpaired) electrons. The molecule has 0 aliphatic rings. The van der Waals surface area contributed by atoms with Crippen LogP contribution in [0.1, 0.15) is 45.2 Å². The summed E-state index contributed by atoms with van der Waals surface area (Å²) in [5, 5.41) is 0. The van der Waals surface area contributed by atoms with Gasteiger partial charge in [0.15, 0.2) is 0 Å². The van der Waals surface area contributed by atoms with Crippen molar-refractivity contribution >= 4 is 0 Å². The van der Waals surface area contributed by atoms with Crippen LogP contribution < -0.4 is 18.9 Å². The van der Waals surface area contributed by atoms with Crippen LogP contribution in [-0.2, 0) is 12.8 Å². The Kier molecular flexibility index (Phi) is 8.45. The highest BCUT2D eigenvalue weighted by Gasteiger charge is 2.28. The Balaban J connectivity index is 2.48. The summed E-state index contributed by atoms with van der Waals surface area (Å²) in [5.41, 5.74) is 2.37. The van der Waals surface area contributed by atoms with Gasteiger partial charge in [-0.1, -0.05) is 39.8 Å². The van der Waals surface area contributed by atoms with Crippen molar-refractivity contribution in [2.45, 2.75) is 47.0 Å². The minimum atomic E-state index is 0.223. The van der Waals surface area contributed by atoms with Crippen molar-refractivity contribution in [2.24, 2.45) is 11.3 Å². The van der Waals surface area contributed by atoms with Crippen molar-refractivity contribution in [2.75, 3.05) is 28.4 Å². The zero-order valence-corrected chi connectivity index (χ0v) is 19.8. The van der Waals surface area contributed by atoms with Gasteiger partial charge in [0.05, 0.1) is 28.4 Å². The monoisotopic (exact) mass is 413 g/mol. The first-order valence-electron chi connectivity index (χ1n) is 10.5. The average molecular weight is 414 g/mol. The van der Waals surface area contributed by atoms with Crippen molar-refractivity contribution in [1.29, 1.82) is 0 Å². The maximum Gasteiger partial charge on any atom is 0.125 e. The SMILES string of the molecule is COc1cccc(OC)c1C[C](Cc1c(OC)cccc1OC)C(C)CC(C)(C)C. The van der Waals surface area contributed by atoms with Crippen molar-refractivity contribution in [3.05, 3.63) is 53.4 Å². The first kappa shape index (κ1) is 23.9. The first-order chi connectivity index (χ1) is 14.2. The van der Waals surface area contributed by atoms with Crippen LogP contribution in [0.15, 0.2) is 36.4 Å². The van der Waals surface area contributed by atoms with Gasteiger partial charge in [-0.05, 0) is 60.8 Å². The van der Waals surface area contributed by atoms with Gasteiger partial charge in [-0.15, -0.1) is 0 Å². The van der Waals surface area contributed by atoms with Gasteiger partial charge in [0.2, 0.25) is 0 Å². The van der Waals surface area contributed by atoms with E-state index in [4.69, 9.17) is 18.9 Å². The lowest BCUT2D eigenvalue weighted by Gasteiger charge is -2.31. The minimum Gasteiger partial charge on any atom is -0.496 e. The summed E-state index contributed by atoms with van der Waals surface area (Å²) < 4.78 is 22.7. The van der Waals surface area contributed by atoms with Crippen molar-refractivity contribution in [3.63, 3.8) is 0 Å². The topological polar surface area (TPSA) is 36.9 Å². The molecule has 0 heterocycles. The third kappa shape index (κ3) is 6.07. The number of methoxy groups -OCH3 is 4. The third-order valence-electron chi connectivity index (χ3n) is 5.48. The Hall–Kier alpha value is -2.36. The molecule has 30 heavy (non-hydrogen) atoms. The molecular weight excluding hydrogens is 376 g/mol. The molecule has 4 heteroatoms. The van der Waals surface area contributed by atoms with Crippen LogP contribution in [-0.4, -0.2) is 28.4 Å². The molecule has 2 aromatic rings. The molecule has 0 aliphatic heterocycles. The number of hydrogen-bond acceptors (Lipinski definition) is 4. The number of benzene rings is 2. The molecule has 0 aromatic heterocycles. The van der Waals surface area contributed by atoms with E-state index in [0.29, 0.717) is 5.92 Å². The van der Waals surface area contributed by atoms with E-state index in [1.165, 1.54) is 5.92 Å². The van der Waals surface area contributed by atoms with Gasteiger partial charge in [-0.25, -0.2) is 0 Å². The van der Waals surface area contributed by atoms with E-state index in [1.54, 1.807) is 28.4 Å². The normalized spacial score (nSPS) is 12.6. The van der Waals surface area contributed by atoms with Gasteiger partial charge in [0.25, 0.3) is 0 Å². The van der Waals surface area contributed by atoms with Crippen molar-refractivity contribution in [3.8, 4) is 23.0 Å². The maximum absolute atomic E-state index is 5.67. The molecule has 0 fully saturated rings. The molecule has 4 nitrogen and oxygen atoms in total. The summed E-state index contributed by atoms with van der Waals surface area (Å²) in [6.45, 7) is 9.17. The summed E-state index contributed by atoms with van der Waals surface area (Å²) in [6, 6.07) is 11.9. The largest absolute Gasteiger partial charge is 0.496 e. The summed E-state index contributed by atoms with van der Waals surface area (Å²) in [6.07, 6.45) is 2.62. The fourth-order valence-corrected chi connectivity index (χ4v) is 4.13. The fourth-order valence-electron chi connectivity index (χ4n) is 4.13. The van der Waals surface area contributed by atoms with Gasteiger partial charge in [-0.3, -0.25) is 0 Å². The highest BCUT2D eigenvalue weighted by molar-refractivity contribution is 5.49. The summed E-state index contributed by atoms with van der Waals surface area (Å²) in [7, 11) is 6.83. The molecule has 1 atom stereocenters. The Morgan fingerprint density at radius 2 is 1.03 bits per heavy atom. The number of rotatable bonds is 10. The highest BCUT2D eigenvalue weighted by Crippen LogP contribution is 2.41.